The first-order valence-electron chi connectivity index (χ1n) is 10.5. The molecule has 0 saturated heterocycles. The summed E-state index contributed by atoms with van der Waals surface area (Å²) in [5.41, 5.74) is 0.737. The van der Waals surface area contributed by atoms with E-state index in [9.17, 15) is 18.3 Å². The molecule has 1 aromatic rings. The summed E-state index contributed by atoms with van der Waals surface area (Å²) in [6.45, 7) is 0.764. The summed E-state index contributed by atoms with van der Waals surface area (Å²) < 4.78 is 34.0. The van der Waals surface area contributed by atoms with E-state index in [1.54, 1.807) is 17.6 Å². The summed E-state index contributed by atoms with van der Waals surface area (Å²) in [7, 11) is -1.79. The highest BCUT2D eigenvalue weighted by molar-refractivity contribution is 7.89. The number of methoxy groups -OCH3 is 1. The number of sulfonamides is 1. The van der Waals surface area contributed by atoms with E-state index in [0.717, 1.165) is 31.4 Å². The van der Waals surface area contributed by atoms with Gasteiger partial charge in [-0.05, 0) is 69.4 Å². The highest BCUT2D eigenvalue weighted by atomic mass is 32.2. The van der Waals surface area contributed by atoms with Crippen molar-refractivity contribution < 1.29 is 23.1 Å². The molecule has 0 aromatic carbocycles. The van der Waals surface area contributed by atoms with Crippen molar-refractivity contribution in [3.63, 3.8) is 0 Å². The predicted molar refractivity (Wildman–Crippen MR) is 110 cm³/mol. The molecular weight excluding hydrogens is 392 g/mol. The van der Waals surface area contributed by atoms with Crippen LogP contribution in [0.3, 0.4) is 0 Å². The molecule has 0 atom stereocenters. The maximum atomic E-state index is 13.5. The second-order valence-corrected chi connectivity index (χ2v) is 10.6. The molecule has 2 aliphatic carbocycles. The number of carbonyl (C=O) groups is 1. The van der Waals surface area contributed by atoms with Crippen molar-refractivity contribution in [1.29, 1.82) is 0 Å². The van der Waals surface area contributed by atoms with Gasteiger partial charge in [0.1, 0.15) is 0 Å². The number of carboxylic acids is 1. The molecule has 0 amide bonds. The van der Waals surface area contributed by atoms with Crippen molar-refractivity contribution in [2.24, 2.45) is 11.8 Å². The van der Waals surface area contributed by atoms with Crippen LogP contribution in [-0.4, -0.2) is 53.8 Å². The van der Waals surface area contributed by atoms with Crippen LogP contribution in [0.15, 0.2) is 24.4 Å². The van der Waals surface area contributed by atoms with Crippen molar-refractivity contribution in [3.05, 3.63) is 30.1 Å². The number of pyridine rings is 1. The fourth-order valence-corrected chi connectivity index (χ4v) is 6.61. The van der Waals surface area contributed by atoms with Crippen molar-refractivity contribution in [1.82, 2.24) is 9.29 Å². The fraction of sp³-hybridized carbons (Fsp3) is 0.714. The van der Waals surface area contributed by atoms with Crippen LogP contribution in [0, 0.1) is 11.8 Å². The Bertz CT molecular complexity index is 755. The molecule has 7 nitrogen and oxygen atoms in total. The van der Waals surface area contributed by atoms with Gasteiger partial charge in [0.15, 0.2) is 0 Å². The Balaban J connectivity index is 1.72. The van der Waals surface area contributed by atoms with E-state index in [-0.39, 0.29) is 12.6 Å². The van der Waals surface area contributed by atoms with E-state index < -0.39 is 27.2 Å². The van der Waals surface area contributed by atoms with Gasteiger partial charge in [-0.3, -0.25) is 9.78 Å². The molecule has 2 saturated carbocycles. The minimum Gasteiger partial charge on any atom is -0.481 e. The number of ether oxygens (including phenoxy) is 1. The van der Waals surface area contributed by atoms with Crippen LogP contribution in [0.25, 0.3) is 0 Å². The Labute approximate surface area is 173 Å². The van der Waals surface area contributed by atoms with E-state index in [0.29, 0.717) is 38.1 Å². The van der Waals surface area contributed by atoms with Crippen molar-refractivity contribution in [3.8, 4) is 0 Å². The zero-order valence-corrected chi connectivity index (χ0v) is 17.9. The molecule has 162 valence electrons. The maximum Gasteiger partial charge on any atom is 0.306 e. The minimum atomic E-state index is -3.52. The molecule has 29 heavy (non-hydrogen) atoms. The van der Waals surface area contributed by atoms with Crippen LogP contribution in [0.1, 0.15) is 57.1 Å². The third kappa shape index (κ3) is 5.77. The largest absolute Gasteiger partial charge is 0.481 e. The van der Waals surface area contributed by atoms with Gasteiger partial charge in [-0.2, -0.15) is 4.31 Å². The van der Waals surface area contributed by atoms with E-state index >= 15 is 0 Å². The van der Waals surface area contributed by atoms with Crippen LogP contribution in [0.4, 0.5) is 0 Å². The van der Waals surface area contributed by atoms with Crippen molar-refractivity contribution in [2.75, 3.05) is 13.7 Å². The lowest BCUT2D eigenvalue weighted by Gasteiger charge is -2.35. The van der Waals surface area contributed by atoms with E-state index in [1.807, 2.05) is 18.2 Å². The monoisotopic (exact) mass is 424 g/mol. The summed E-state index contributed by atoms with van der Waals surface area (Å²) in [4.78, 5) is 15.5. The predicted octanol–water partition coefficient (Wildman–Crippen LogP) is 3.06. The molecule has 2 aliphatic rings. The van der Waals surface area contributed by atoms with Gasteiger partial charge in [-0.15, -0.1) is 0 Å². The molecule has 8 heteroatoms. The standard InChI is InChI=1S/C21H32N2O5S/c1-28-19-9-5-16(6-10-19)14-23(15-18-4-2-3-13-22-18)29(26,27)20-11-7-17(8-12-20)21(24)25/h2-4,13,16-17,19-20H,5-12,14-15H2,1H3,(H,24,25). The van der Waals surface area contributed by atoms with E-state index in [4.69, 9.17) is 4.74 Å². The Morgan fingerprint density at radius 1 is 1.14 bits per heavy atom. The normalized spacial score (nSPS) is 28.3. The number of hydrogen-bond acceptors (Lipinski definition) is 5. The first-order valence-corrected chi connectivity index (χ1v) is 12.0. The van der Waals surface area contributed by atoms with Crippen LogP contribution in [0.5, 0.6) is 0 Å². The maximum absolute atomic E-state index is 13.5. The Morgan fingerprint density at radius 2 is 1.83 bits per heavy atom. The van der Waals surface area contributed by atoms with Gasteiger partial charge in [-0.1, -0.05) is 6.07 Å². The van der Waals surface area contributed by atoms with Crippen LogP contribution < -0.4 is 0 Å². The molecular formula is C21H32N2O5S. The van der Waals surface area contributed by atoms with Crippen LogP contribution >= 0.6 is 0 Å². The summed E-state index contributed by atoms with van der Waals surface area (Å²) in [5.74, 6) is -0.925. The van der Waals surface area contributed by atoms with Crippen LogP contribution in [0.2, 0.25) is 0 Å². The van der Waals surface area contributed by atoms with Gasteiger partial charge in [-0.25, -0.2) is 8.42 Å². The topological polar surface area (TPSA) is 96.8 Å². The van der Waals surface area contributed by atoms with Crippen LogP contribution in [-0.2, 0) is 26.1 Å². The number of carboxylic acid groups (broad SMARTS) is 1. The van der Waals surface area contributed by atoms with Gasteiger partial charge in [0.05, 0.1) is 29.5 Å². The summed E-state index contributed by atoms with van der Waals surface area (Å²) >= 11 is 0. The first kappa shape index (κ1) is 22.2. The quantitative estimate of drug-likeness (QED) is 0.689. The van der Waals surface area contributed by atoms with Gasteiger partial charge >= 0.3 is 5.97 Å². The van der Waals surface area contributed by atoms with Crippen molar-refractivity contribution >= 4 is 16.0 Å². The zero-order chi connectivity index (χ0) is 20.9. The van der Waals surface area contributed by atoms with Gasteiger partial charge in [0, 0.05) is 19.9 Å². The lowest BCUT2D eigenvalue weighted by Crippen LogP contribution is -2.43. The first-order chi connectivity index (χ1) is 13.9. The number of nitrogens with zero attached hydrogens (tertiary/aromatic N) is 2. The number of aliphatic carboxylic acids is 1. The SMILES string of the molecule is COC1CCC(CN(Cc2ccccn2)S(=O)(=O)C2CCC(C(=O)O)CC2)CC1. The molecule has 0 spiro atoms. The molecule has 2 fully saturated rings. The third-order valence-corrected chi connectivity index (χ3v) is 8.77. The molecule has 1 aromatic heterocycles. The highest BCUT2D eigenvalue weighted by Gasteiger charge is 2.38. The lowest BCUT2D eigenvalue weighted by atomic mass is 9.87. The smallest absolute Gasteiger partial charge is 0.306 e. The Kier molecular flexibility index (Phi) is 7.65. The van der Waals surface area contributed by atoms with Gasteiger partial charge in [0.2, 0.25) is 10.0 Å². The van der Waals surface area contributed by atoms with Gasteiger partial charge in [0.25, 0.3) is 0 Å². The van der Waals surface area contributed by atoms with E-state index in [1.165, 1.54) is 0 Å². The summed E-state index contributed by atoms with van der Waals surface area (Å²) in [6, 6.07) is 5.54. The van der Waals surface area contributed by atoms with Crippen molar-refractivity contribution in [2.45, 2.75) is 69.3 Å². The minimum absolute atomic E-state index is 0.270. The number of aromatic nitrogens is 1. The lowest BCUT2D eigenvalue weighted by molar-refractivity contribution is -0.142. The average Bonchev–Trinajstić information content (AvgIpc) is 2.74. The zero-order valence-electron chi connectivity index (χ0n) is 17.1. The molecule has 0 unspecified atom stereocenters. The molecule has 3 rings (SSSR count). The number of hydrogen-bond donors (Lipinski definition) is 1. The fourth-order valence-electron chi connectivity index (χ4n) is 4.59. The Morgan fingerprint density at radius 3 is 2.38 bits per heavy atom. The molecule has 0 radical (unpaired) electrons. The average molecular weight is 425 g/mol. The molecule has 0 aliphatic heterocycles. The van der Waals surface area contributed by atoms with E-state index in [2.05, 4.69) is 4.98 Å². The summed E-state index contributed by atoms with van der Waals surface area (Å²) in [5, 5.41) is 8.71. The second-order valence-electron chi connectivity index (χ2n) is 8.35. The molecule has 1 heterocycles. The second kappa shape index (κ2) is 10.00. The molecule has 0 bridgehead atoms. The third-order valence-electron chi connectivity index (χ3n) is 6.46. The number of rotatable bonds is 8. The molecule has 1 N–H and O–H groups in total. The summed E-state index contributed by atoms with van der Waals surface area (Å²) in [6.07, 6.45) is 7.47. The Hall–Kier alpha value is -1.51. The highest BCUT2D eigenvalue weighted by Crippen LogP contribution is 2.33. The van der Waals surface area contributed by atoms with Gasteiger partial charge < -0.3 is 9.84 Å².